The van der Waals surface area contributed by atoms with Gasteiger partial charge in [-0.3, -0.25) is 9.52 Å². The van der Waals surface area contributed by atoms with Crippen molar-refractivity contribution in [1.82, 2.24) is 14.3 Å². The van der Waals surface area contributed by atoms with Crippen LogP contribution in [0.4, 0.5) is 0 Å². The average molecular weight is 203 g/mol. The minimum Gasteiger partial charge on any atom is -0.326 e. The number of thiol groups is 2. The Bertz CT molecular complexity index is 274. The molecule has 0 bridgehead atoms. The number of nitrogens with one attached hydrogen (secondary N) is 1. The van der Waals surface area contributed by atoms with Crippen LogP contribution in [-0.4, -0.2) is 21.2 Å². The molecular formula is C6H9N3OS2. The van der Waals surface area contributed by atoms with Crippen molar-refractivity contribution < 1.29 is 4.79 Å². The molecule has 0 unspecified atom stereocenters. The summed E-state index contributed by atoms with van der Waals surface area (Å²) in [5.74, 6) is 0.729. The van der Waals surface area contributed by atoms with Gasteiger partial charge in [-0.05, 0) is 0 Å². The third-order valence-electron chi connectivity index (χ3n) is 1.36. The molecule has 0 aliphatic heterocycles. The fourth-order valence-corrected chi connectivity index (χ4v) is 1.17. The van der Waals surface area contributed by atoms with E-state index in [-0.39, 0.29) is 5.91 Å². The third-order valence-corrected chi connectivity index (χ3v) is 1.76. The normalized spacial score (nSPS) is 9.83. The summed E-state index contributed by atoms with van der Waals surface area (Å²) < 4.78 is 3.93. The Hall–Kier alpha value is -0.620. The smallest absolute Gasteiger partial charge is 0.296 e. The van der Waals surface area contributed by atoms with Crippen LogP contribution in [0.3, 0.4) is 0 Å². The lowest BCUT2D eigenvalue weighted by molar-refractivity contribution is 0.0971. The zero-order valence-electron chi connectivity index (χ0n) is 6.27. The van der Waals surface area contributed by atoms with E-state index in [0.717, 1.165) is 0 Å². The molecule has 66 valence electrons. The molecule has 0 atom stereocenters. The summed E-state index contributed by atoms with van der Waals surface area (Å²) in [6.07, 6.45) is 3.30. The van der Waals surface area contributed by atoms with Crippen molar-refractivity contribution in [3.05, 3.63) is 18.2 Å². The van der Waals surface area contributed by atoms with E-state index in [1.54, 1.807) is 17.0 Å². The summed E-state index contributed by atoms with van der Waals surface area (Å²) in [6.45, 7) is 0.666. The number of imidazole rings is 1. The Labute approximate surface area is 81.3 Å². The fourth-order valence-electron chi connectivity index (χ4n) is 0.856. The molecule has 0 saturated carbocycles. The van der Waals surface area contributed by atoms with E-state index in [9.17, 15) is 4.79 Å². The minimum absolute atomic E-state index is 0.301. The number of nitrogens with zero attached hydrogens (tertiary/aromatic N) is 2. The standard InChI is InChI=1S/C6H9N3OS2/c10-6(8-12)5-7-1-2-9(5)3-4-11/h1-2,11-12H,3-4H2,(H,8,10). The van der Waals surface area contributed by atoms with Gasteiger partial charge < -0.3 is 4.57 Å². The summed E-state index contributed by atoms with van der Waals surface area (Å²) >= 11 is 7.70. The molecule has 1 aromatic rings. The first kappa shape index (κ1) is 9.47. The van der Waals surface area contributed by atoms with Crippen LogP contribution in [0.2, 0.25) is 0 Å². The Balaban J connectivity index is 2.83. The summed E-state index contributed by atoms with van der Waals surface area (Å²) in [4.78, 5) is 14.9. The van der Waals surface area contributed by atoms with Gasteiger partial charge in [0.05, 0.1) is 0 Å². The molecule has 1 N–H and O–H groups in total. The van der Waals surface area contributed by atoms with E-state index in [1.807, 2.05) is 0 Å². The molecule has 0 aromatic carbocycles. The number of amides is 1. The Kier molecular flexibility index (Phi) is 3.48. The van der Waals surface area contributed by atoms with Crippen molar-refractivity contribution in [1.29, 1.82) is 0 Å². The topological polar surface area (TPSA) is 46.9 Å². The van der Waals surface area contributed by atoms with Crippen LogP contribution in [0.15, 0.2) is 12.4 Å². The number of hydrogen-bond acceptors (Lipinski definition) is 4. The van der Waals surface area contributed by atoms with E-state index in [1.165, 1.54) is 0 Å². The lowest BCUT2D eigenvalue weighted by Gasteiger charge is -2.02. The predicted molar refractivity (Wildman–Crippen MR) is 52.5 cm³/mol. The first-order valence-corrected chi connectivity index (χ1v) is 4.44. The van der Waals surface area contributed by atoms with Crippen molar-refractivity contribution in [3.8, 4) is 0 Å². The van der Waals surface area contributed by atoms with Crippen LogP contribution in [0, 0.1) is 0 Å². The van der Waals surface area contributed by atoms with Crippen molar-refractivity contribution >= 4 is 31.4 Å². The molecule has 4 nitrogen and oxygen atoms in total. The van der Waals surface area contributed by atoms with Crippen molar-refractivity contribution in [2.24, 2.45) is 0 Å². The van der Waals surface area contributed by atoms with Crippen molar-refractivity contribution in [2.75, 3.05) is 5.75 Å². The lowest BCUT2D eigenvalue weighted by Crippen LogP contribution is -2.19. The molecular weight excluding hydrogens is 194 g/mol. The molecule has 0 aliphatic carbocycles. The summed E-state index contributed by atoms with van der Waals surface area (Å²) in [6, 6.07) is 0. The highest BCUT2D eigenvalue weighted by molar-refractivity contribution is 7.80. The fraction of sp³-hybridized carbons (Fsp3) is 0.333. The number of carbonyl (C=O) groups excluding carboxylic acids is 1. The van der Waals surface area contributed by atoms with Crippen LogP contribution >= 0.6 is 25.4 Å². The Morgan fingerprint density at radius 1 is 1.75 bits per heavy atom. The lowest BCUT2D eigenvalue weighted by atomic mass is 10.5. The average Bonchev–Trinajstić information content (AvgIpc) is 2.52. The molecule has 0 saturated heterocycles. The predicted octanol–water partition coefficient (Wildman–Crippen LogP) is 0.387. The van der Waals surface area contributed by atoms with Gasteiger partial charge >= 0.3 is 0 Å². The van der Waals surface area contributed by atoms with Gasteiger partial charge in [-0.25, -0.2) is 4.98 Å². The van der Waals surface area contributed by atoms with Crippen LogP contribution in [0.5, 0.6) is 0 Å². The van der Waals surface area contributed by atoms with Gasteiger partial charge in [-0.2, -0.15) is 12.6 Å². The van der Waals surface area contributed by atoms with Gasteiger partial charge in [-0.1, -0.05) is 12.8 Å². The second-order valence-corrected chi connectivity index (χ2v) is 2.78. The molecule has 12 heavy (non-hydrogen) atoms. The van der Waals surface area contributed by atoms with Crippen molar-refractivity contribution in [3.63, 3.8) is 0 Å². The molecule has 0 radical (unpaired) electrons. The third kappa shape index (κ3) is 1.95. The summed E-state index contributed by atoms with van der Waals surface area (Å²) in [5.41, 5.74) is 0. The molecule has 0 aliphatic rings. The molecule has 1 rings (SSSR count). The largest absolute Gasteiger partial charge is 0.326 e. The number of rotatable bonds is 3. The van der Waals surface area contributed by atoms with Crippen molar-refractivity contribution in [2.45, 2.75) is 6.54 Å². The maximum absolute atomic E-state index is 11.1. The first-order valence-electron chi connectivity index (χ1n) is 3.36. The number of aromatic nitrogens is 2. The molecule has 0 spiro atoms. The summed E-state index contributed by atoms with van der Waals surface area (Å²) in [5, 5.41) is 0. The zero-order valence-corrected chi connectivity index (χ0v) is 8.05. The van der Waals surface area contributed by atoms with E-state index >= 15 is 0 Å². The monoisotopic (exact) mass is 203 g/mol. The molecule has 0 fully saturated rings. The first-order chi connectivity index (χ1) is 5.79. The maximum atomic E-state index is 11.1. The van der Waals surface area contributed by atoms with E-state index < -0.39 is 0 Å². The quantitative estimate of drug-likeness (QED) is 0.622. The van der Waals surface area contributed by atoms with Gasteiger partial charge in [0.2, 0.25) is 0 Å². The van der Waals surface area contributed by atoms with Gasteiger partial charge in [-0.15, -0.1) is 0 Å². The van der Waals surface area contributed by atoms with E-state index in [2.05, 4.69) is 35.1 Å². The molecule has 1 aromatic heterocycles. The molecule has 1 heterocycles. The minimum atomic E-state index is -0.301. The van der Waals surface area contributed by atoms with Gasteiger partial charge in [0.1, 0.15) is 0 Å². The molecule has 1 amide bonds. The highest BCUT2D eigenvalue weighted by Gasteiger charge is 2.09. The summed E-state index contributed by atoms with van der Waals surface area (Å²) in [7, 11) is 0. The van der Waals surface area contributed by atoms with E-state index in [4.69, 9.17) is 0 Å². The van der Waals surface area contributed by atoms with Crippen LogP contribution in [-0.2, 0) is 6.54 Å². The zero-order chi connectivity index (χ0) is 8.97. The van der Waals surface area contributed by atoms with Crippen LogP contribution in [0.25, 0.3) is 0 Å². The maximum Gasteiger partial charge on any atom is 0.296 e. The highest BCUT2D eigenvalue weighted by atomic mass is 32.1. The number of hydrogen-bond donors (Lipinski definition) is 3. The van der Waals surface area contributed by atoms with Gasteiger partial charge in [0, 0.05) is 24.7 Å². The SMILES string of the molecule is O=C(NS)c1nccn1CCS. The Morgan fingerprint density at radius 2 is 2.50 bits per heavy atom. The molecule has 6 heteroatoms. The van der Waals surface area contributed by atoms with Gasteiger partial charge in [0.25, 0.3) is 5.91 Å². The second kappa shape index (κ2) is 4.42. The second-order valence-electron chi connectivity index (χ2n) is 2.11. The number of carbonyl (C=O) groups is 1. The van der Waals surface area contributed by atoms with Gasteiger partial charge in [0.15, 0.2) is 5.82 Å². The van der Waals surface area contributed by atoms with Crippen LogP contribution < -0.4 is 4.72 Å². The van der Waals surface area contributed by atoms with E-state index in [0.29, 0.717) is 18.1 Å². The highest BCUT2D eigenvalue weighted by Crippen LogP contribution is 1.98. The number of aryl methyl sites for hydroxylation is 1. The Morgan fingerprint density at radius 3 is 3.08 bits per heavy atom. The van der Waals surface area contributed by atoms with Crippen LogP contribution in [0.1, 0.15) is 10.6 Å².